The summed E-state index contributed by atoms with van der Waals surface area (Å²) >= 11 is 0. The molecule has 16 bridgehead atoms. The molecule has 16 aliphatic rings. The van der Waals surface area contributed by atoms with E-state index in [9.17, 15) is 0 Å². The monoisotopic (exact) mass is 630 g/mol. The maximum Gasteiger partial charge on any atom is -0.00814 e. The van der Waals surface area contributed by atoms with Gasteiger partial charge in [0.15, 0.2) is 0 Å². The lowest BCUT2D eigenvalue weighted by atomic mass is 9.55. The topological polar surface area (TPSA) is 0 Å². The van der Waals surface area contributed by atoms with Crippen molar-refractivity contribution >= 4 is 15.8 Å². The highest BCUT2D eigenvalue weighted by Gasteiger charge is 2.65. The Bertz CT molecular complexity index is 875. The fourth-order valence-electron chi connectivity index (χ4n) is 19.7. The van der Waals surface area contributed by atoms with Crippen molar-refractivity contribution in [1.82, 2.24) is 0 Å². The molecule has 0 aromatic rings. The molecule has 16 rings (SSSR count). The van der Waals surface area contributed by atoms with E-state index in [1.54, 1.807) is 154 Å². The van der Waals surface area contributed by atoms with Gasteiger partial charge in [0.1, 0.15) is 0 Å². The van der Waals surface area contributed by atoms with Crippen molar-refractivity contribution in [2.24, 2.45) is 71.0 Å². The summed E-state index contributed by atoms with van der Waals surface area (Å²) in [5.74, 6) is 13.9. The van der Waals surface area contributed by atoms with Gasteiger partial charge >= 0.3 is 0 Å². The van der Waals surface area contributed by atoms with Crippen molar-refractivity contribution < 1.29 is 0 Å². The minimum Gasteiger partial charge on any atom is -0.0936 e. The van der Waals surface area contributed by atoms with E-state index < -0.39 is 0 Å². The van der Waals surface area contributed by atoms with Crippen LogP contribution in [-0.2, 0) is 0 Å². The van der Waals surface area contributed by atoms with Gasteiger partial charge in [0, 0.05) is 0 Å². The number of hydrogen-bond donors (Lipinski definition) is 0. The molecule has 44 heavy (non-hydrogen) atoms. The number of hydrogen-bond acceptors (Lipinski definition) is 0. The third-order valence-electron chi connectivity index (χ3n) is 18.9. The van der Waals surface area contributed by atoms with Crippen LogP contribution < -0.4 is 0 Å². The van der Waals surface area contributed by atoms with Gasteiger partial charge in [0.05, 0.1) is 0 Å². The summed E-state index contributed by atoms with van der Waals surface area (Å²) in [6, 6.07) is 0. The molecule has 0 heterocycles. The molecule has 0 nitrogen and oxygen atoms in total. The van der Waals surface area contributed by atoms with Crippen LogP contribution in [0.4, 0.5) is 0 Å². The first-order chi connectivity index (χ1) is 21.4. The molecule has 0 aromatic heterocycles. The Labute approximate surface area is 273 Å². The van der Waals surface area contributed by atoms with E-state index in [1.807, 2.05) is 12.3 Å². The maximum atomic E-state index is 1.81. The highest BCUT2D eigenvalue weighted by Crippen LogP contribution is 2.83. The molecule has 0 aromatic carbocycles. The molecule has 2 heteroatoms. The van der Waals surface area contributed by atoms with E-state index in [0.717, 1.165) is 91.6 Å². The molecule has 0 amide bonds. The minimum absolute atomic E-state index is 0.192. The third kappa shape index (κ3) is 3.95. The smallest absolute Gasteiger partial charge is 0.00814 e. The van der Waals surface area contributed by atoms with Gasteiger partial charge in [-0.25, -0.2) is 0 Å². The molecule has 0 aliphatic heterocycles. The quantitative estimate of drug-likeness (QED) is 0.246. The highest BCUT2D eigenvalue weighted by atomic mass is 31.1. The van der Waals surface area contributed by atoms with Crippen molar-refractivity contribution in [3.05, 3.63) is 0 Å². The van der Waals surface area contributed by atoms with E-state index >= 15 is 0 Å². The summed E-state index contributed by atoms with van der Waals surface area (Å²) in [6.07, 6.45) is 44.4. The molecule has 0 N–H and O–H groups in total. The Morgan fingerprint density at radius 2 is 0.386 bits per heavy atom. The third-order valence-corrected chi connectivity index (χ3v) is 27.3. The Morgan fingerprint density at radius 1 is 0.250 bits per heavy atom. The Kier molecular flexibility index (Phi) is 5.87. The van der Waals surface area contributed by atoms with Crippen LogP contribution in [-0.4, -0.2) is 32.9 Å². The predicted molar refractivity (Wildman–Crippen MR) is 187 cm³/mol. The summed E-state index contributed by atoms with van der Waals surface area (Å²) in [4.78, 5) is 0. The van der Waals surface area contributed by atoms with Gasteiger partial charge in [-0.1, -0.05) is 15.8 Å². The van der Waals surface area contributed by atoms with Crippen LogP contribution in [0, 0.1) is 71.0 Å². The summed E-state index contributed by atoms with van der Waals surface area (Å²) in [5.41, 5.74) is 0. The zero-order valence-corrected chi connectivity index (χ0v) is 30.0. The molecule has 0 atom stereocenters. The molecule has 0 unspecified atom stereocenters. The lowest BCUT2D eigenvalue weighted by molar-refractivity contribution is 0.0175. The summed E-state index contributed by atoms with van der Waals surface area (Å²) in [5, 5.41) is 3.44. The second kappa shape index (κ2) is 9.34. The Balaban J connectivity index is 0.946. The molecular weight excluding hydrogens is 566 g/mol. The van der Waals surface area contributed by atoms with Crippen LogP contribution in [0.3, 0.4) is 0 Å². The van der Waals surface area contributed by atoms with Crippen LogP contribution in [0.1, 0.15) is 154 Å². The molecule has 0 radical (unpaired) electrons. The Morgan fingerprint density at radius 3 is 0.523 bits per heavy atom. The van der Waals surface area contributed by atoms with E-state index in [0.29, 0.717) is 0 Å². The van der Waals surface area contributed by atoms with Crippen LogP contribution >= 0.6 is 15.8 Å². The second-order valence-electron chi connectivity index (χ2n) is 21.9. The maximum absolute atomic E-state index is 1.81. The van der Waals surface area contributed by atoms with Crippen molar-refractivity contribution in [1.29, 1.82) is 0 Å². The van der Waals surface area contributed by atoms with Crippen molar-refractivity contribution in [3.63, 3.8) is 0 Å². The largest absolute Gasteiger partial charge is 0.0936 e. The van der Waals surface area contributed by atoms with Gasteiger partial charge in [-0.2, -0.15) is 0 Å². The molecule has 16 saturated carbocycles. The van der Waals surface area contributed by atoms with Crippen LogP contribution in [0.5, 0.6) is 0 Å². The average molecular weight is 631 g/mol. The Hall–Kier alpha value is 0.860. The number of rotatable bonds is 7. The highest BCUT2D eigenvalue weighted by molar-refractivity contribution is 7.65. The van der Waals surface area contributed by atoms with Gasteiger partial charge in [0.25, 0.3) is 0 Å². The molecular formula is C42H64P2. The SMILES string of the molecule is C1C2CC3CC1CC(P(CCP(C14CC5CC(CC(C5)C1)C4)C14CC5CC(CC(C5)C1)C4)C14CC5CC(CC(C5)C1)C4)(C2)C3. The first-order valence-electron chi connectivity index (χ1n) is 21.0. The predicted octanol–water partition coefficient (Wildman–Crippen LogP) is 11.8. The molecule has 0 spiro atoms. The van der Waals surface area contributed by atoms with E-state index in [2.05, 4.69) is 0 Å². The van der Waals surface area contributed by atoms with Crippen LogP contribution in [0.15, 0.2) is 0 Å². The van der Waals surface area contributed by atoms with Gasteiger partial charge < -0.3 is 0 Å². The summed E-state index contributed by atoms with van der Waals surface area (Å²) in [6.45, 7) is 0. The van der Waals surface area contributed by atoms with Gasteiger partial charge in [-0.05, 0) is 258 Å². The van der Waals surface area contributed by atoms with Gasteiger partial charge in [0.2, 0.25) is 0 Å². The van der Waals surface area contributed by atoms with Crippen molar-refractivity contribution in [3.8, 4) is 0 Å². The van der Waals surface area contributed by atoms with Gasteiger partial charge in [-0.15, -0.1) is 0 Å². The van der Waals surface area contributed by atoms with Crippen molar-refractivity contribution in [2.45, 2.75) is 175 Å². The summed E-state index contributed by atoms with van der Waals surface area (Å²) < 4.78 is 0. The summed E-state index contributed by atoms with van der Waals surface area (Å²) in [7, 11) is 0.384. The van der Waals surface area contributed by atoms with E-state index in [4.69, 9.17) is 0 Å². The zero-order valence-electron chi connectivity index (χ0n) is 28.2. The average Bonchev–Trinajstić information content (AvgIpc) is 2.92. The standard InChI is InChI=1S/C42H64P2/c1(43(39-15-27-3-28(16-39)5-29(4-27)17-39)40-18-30-6-31(19-40)8-32(7-30)20-40)2-44(41-21-33-9-34(22-41)11-35(10-33)23-41)42-24-36-12-37(25-42)14-38(13-36)26-42/h27-38H,1-26H2. The fraction of sp³-hybridized carbons (Fsp3) is 1.00. The van der Waals surface area contributed by atoms with Crippen molar-refractivity contribution in [2.75, 3.05) is 12.3 Å². The second-order valence-corrected chi connectivity index (χ2v) is 28.3. The first-order valence-corrected chi connectivity index (χ1v) is 24.0. The van der Waals surface area contributed by atoms with E-state index in [-0.39, 0.29) is 15.8 Å². The lowest BCUT2D eigenvalue weighted by Gasteiger charge is -2.69. The normalized spacial score (nSPS) is 63.0. The molecule has 242 valence electrons. The fourth-order valence-corrected chi connectivity index (χ4v) is 31.0. The molecule has 16 fully saturated rings. The van der Waals surface area contributed by atoms with Crippen LogP contribution in [0.2, 0.25) is 0 Å². The minimum atomic E-state index is 0.192. The van der Waals surface area contributed by atoms with E-state index in [1.165, 1.54) is 0 Å². The van der Waals surface area contributed by atoms with Crippen LogP contribution in [0.25, 0.3) is 0 Å². The first kappa shape index (κ1) is 27.7. The lowest BCUT2D eigenvalue weighted by Crippen LogP contribution is -2.58. The molecule has 0 saturated heterocycles. The molecule has 16 aliphatic carbocycles. The van der Waals surface area contributed by atoms with Gasteiger partial charge in [-0.3, -0.25) is 0 Å². The zero-order chi connectivity index (χ0) is 28.5.